The van der Waals surface area contributed by atoms with Gasteiger partial charge in [0.2, 0.25) is 0 Å². The minimum atomic E-state index is -0.0506. The third-order valence-electron chi connectivity index (χ3n) is 4.37. The zero-order chi connectivity index (χ0) is 17.9. The van der Waals surface area contributed by atoms with Gasteiger partial charge in [0, 0.05) is 45.4 Å². The van der Waals surface area contributed by atoms with E-state index in [9.17, 15) is 4.79 Å². The molecule has 5 heteroatoms. The zero-order valence-electron chi connectivity index (χ0n) is 15.7. The molecule has 1 aromatic rings. The van der Waals surface area contributed by atoms with Gasteiger partial charge in [0.1, 0.15) is 0 Å². The molecule has 0 bridgehead atoms. The Labute approximate surface area is 152 Å². The number of urea groups is 1. The van der Waals surface area contributed by atoms with Crippen LogP contribution < -0.4 is 10.6 Å². The van der Waals surface area contributed by atoms with E-state index in [4.69, 9.17) is 4.74 Å². The topological polar surface area (TPSA) is 53.6 Å². The first-order valence-electron chi connectivity index (χ1n) is 9.52. The molecule has 0 atom stereocenters. The Kier molecular flexibility index (Phi) is 8.77. The molecule has 2 rings (SSSR count). The minimum Gasteiger partial charge on any atom is -0.381 e. The first-order chi connectivity index (χ1) is 12.1. The molecule has 2 N–H and O–H groups in total. The summed E-state index contributed by atoms with van der Waals surface area (Å²) in [7, 11) is 0. The fourth-order valence-electron chi connectivity index (χ4n) is 3.01. The van der Waals surface area contributed by atoms with Crippen molar-refractivity contribution in [1.29, 1.82) is 0 Å². The Bertz CT molecular complexity index is 485. The average molecular weight is 348 g/mol. The number of nitrogens with zero attached hydrogens (tertiary/aromatic N) is 1. The van der Waals surface area contributed by atoms with Crippen molar-refractivity contribution in [3.8, 4) is 0 Å². The Balaban J connectivity index is 1.53. The van der Waals surface area contributed by atoms with Crippen LogP contribution in [0.5, 0.6) is 0 Å². The maximum atomic E-state index is 11.9. The van der Waals surface area contributed by atoms with Crippen LogP contribution in [0.2, 0.25) is 0 Å². The first-order valence-corrected chi connectivity index (χ1v) is 9.52. The minimum absolute atomic E-state index is 0.0506. The van der Waals surface area contributed by atoms with Crippen molar-refractivity contribution in [3.63, 3.8) is 0 Å². The van der Waals surface area contributed by atoms with E-state index in [-0.39, 0.29) is 12.1 Å². The molecular weight excluding hydrogens is 314 g/mol. The molecule has 1 aliphatic heterocycles. The number of benzene rings is 1. The number of amides is 2. The van der Waals surface area contributed by atoms with Crippen LogP contribution in [0.4, 0.5) is 4.79 Å². The van der Waals surface area contributed by atoms with Crippen LogP contribution in [-0.4, -0.2) is 49.8 Å². The van der Waals surface area contributed by atoms with Crippen LogP contribution in [0, 0.1) is 5.92 Å². The van der Waals surface area contributed by atoms with Crippen LogP contribution >= 0.6 is 0 Å². The molecule has 0 saturated carbocycles. The lowest BCUT2D eigenvalue weighted by Crippen LogP contribution is -2.47. The number of carbonyl (C=O) groups is 1. The summed E-state index contributed by atoms with van der Waals surface area (Å²) in [5.74, 6) is 0.559. The standard InChI is InChI=1S/C20H33N3O2/c1-17(2)16-25-14-6-11-21-20(24)22-19-9-12-23(13-10-19)15-18-7-4-3-5-8-18/h3-5,7-8,17,19H,6,9-16H2,1-2H3,(H2,21,22,24). The zero-order valence-corrected chi connectivity index (χ0v) is 15.7. The van der Waals surface area contributed by atoms with Crippen LogP contribution in [0.15, 0.2) is 30.3 Å². The average Bonchev–Trinajstić information content (AvgIpc) is 2.60. The van der Waals surface area contributed by atoms with E-state index in [1.807, 2.05) is 0 Å². The lowest BCUT2D eigenvalue weighted by atomic mass is 10.0. The Hall–Kier alpha value is -1.59. The van der Waals surface area contributed by atoms with Gasteiger partial charge in [-0.3, -0.25) is 4.90 Å². The molecule has 0 unspecified atom stereocenters. The number of rotatable bonds is 9. The lowest BCUT2D eigenvalue weighted by Gasteiger charge is -2.32. The Morgan fingerprint density at radius 3 is 2.64 bits per heavy atom. The van der Waals surface area contributed by atoms with Crippen molar-refractivity contribution in [2.24, 2.45) is 5.92 Å². The summed E-state index contributed by atoms with van der Waals surface area (Å²) in [4.78, 5) is 14.4. The summed E-state index contributed by atoms with van der Waals surface area (Å²) in [6, 6.07) is 10.8. The number of ether oxygens (including phenoxy) is 1. The summed E-state index contributed by atoms with van der Waals surface area (Å²) in [5.41, 5.74) is 1.35. The Morgan fingerprint density at radius 1 is 1.24 bits per heavy atom. The predicted molar refractivity (Wildman–Crippen MR) is 102 cm³/mol. The molecule has 5 nitrogen and oxygen atoms in total. The number of nitrogens with one attached hydrogen (secondary N) is 2. The van der Waals surface area contributed by atoms with E-state index in [1.165, 1.54) is 5.56 Å². The molecule has 0 spiro atoms. The van der Waals surface area contributed by atoms with Crippen LogP contribution in [0.1, 0.15) is 38.7 Å². The SMILES string of the molecule is CC(C)COCCCNC(=O)NC1CCN(Cc2ccccc2)CC1. The van der Waals surface area contributed by atoms with Gasteiger partial charge in [0.05, 0.1) is 0 Å². The highest BCUT2D eigenvalue weighted by molar-refractivity contribution is 5.74. The van der Waals surface area contributed by atoms with E-state index in [1.54, 1.807) is 0 Å². The molecule has 1 aromatic carbocycles. The second kappa shape index (κ2) is 11.1. The van der Waals surface area contributed by atoms with Crippen LogP contribution in [0.3, 0.4) is 0 Å². The fourth-order valence-corrected chi connectivity index (χ4v) is 3.01. The van der Waals surface area contributed by atoms with E-state index in [2.05, 4.69) is 59.7 Å². The van der Waals surface area contributed by atoms with Crippen molar-refractivity contribution >= 4 is 6.03 Å². The molecular formula is C20H33N3O2. The summed E-state index contributed by atoms with van der Waals surface area (Å²) in [6.07, 6.45) is 2.88. The lowest BCUT2D eigenvalue weighted by molar-refractivity contribution is 0.108. The molecule has 1 heterocycles. The highest BCUT2D eigenvalue weighted by atomic mass is 16.5. The van der Waals surface area contributed by atoms with Gasteiger partial charge in [-0.05, 0) is 30.7 Å². The molecule has 0 aliphatic carbocycles. The van der Waals surface area contributed by atoms with Crippen LogP contribution in [0.25, 0.3) is 0 Å². The summed E-state index contributed by atoms with van der Waals surface area (Å²) < 4.78 is 5.51. The molecule has 2 amide bonds. The molecule has 0 radical (unpaired) electrons. The normalized spacial score (nSPS) is 16.1. The number of hydrogen-bond donors (Lipinski definition) is 2. The molecule has 1 saturated heterocycles. The second-order valence-corrected chi connectivity index (χ2v) is 7.26. The maximum Gasteiger partial charge on any atom is 0.315 e. The number of piperidine rings is 1. The quantitative estimate of drug-likeness (QED) is 0.675. The third kappa shape index (κ3) is 8.36. The molecule has 1 fully saturated rings. The van der Waals surface area contributed by atoms with Crippen molar-refractivity contribution < 1.29 is 9.53 Å². The molecule has 25 heavy (non-hydrogen) atoms. The summed E-state index contributed by atoms with van der Waals surface area (Å²) >= 11 is 0. The van der Waals surface area contributed by atoms with Gasteiger partial charge in [-0.15, -0.1) is 0 Å². The predicted octanol–water partition coefficient (Wildman–Crippen LogP) is 3.01. The summed E-state index contributed by atoms with van der Waals surface area (Å²) in [6.45, 7) is 9.48. The van der Waals surface area contributed by atoms with E-state index in [0.29, 0.717) is 19.1 Å². The summed E-state index contributed by atoms with van der Waals surface area (Å²) in [5, 5.41) is 6.02. The fraction of sp³-hybridized carbons (Fsp3) is 0.650. The molecule has 140 valence electrons. The molecule has 1 aliphatic rings. The van der Waals surface area contributed by atoms with Gasteiger partial charge in [-0.1, -0.05) is 44.2 Å². The van der Waals surface area contributed by atoms with Gasteiger partial charge in [0.25, 0.3) is 0 Å². The number of carbonyl (C=O) groups excluding carboxylic acids is 1. The van der Waals surface area contributed by atoms with Crippen molar-refractivity contribution in [1.82, 2.24) is 15.5 Å². The smallest absolute Gasteiger partial charge is 0.315 e. The molecule has 0 aromatic heterocycles. The monoisotopic (exact) mass is 347 g/mol. The largest absolute Gasteiger partial charge is 0.381 e. The van der Waals surface area contributed by atoms with E-state index >= 15 is 0 Å². The van der Waals surface area contributed by atoms with Gasteiger partial charge in [-0.2, -0.15) is 0 Å². The van der Waals surface area contributed by atoms with Gasteiger partial charge in [-0.25, -0.2) is 4.79 Å². The number of likely N-dealkylation sites (tertiary alicyclic amines) is 1. The Morgan fingerprint density at radius 2 is 1.96 bits per heavy atom. The second-order valence-electron chi connectivity index (χ2n) is 7.26. The maximum absolute atomic E-state index is 11.9. The highest BCUT2D eigenvalue weighted by Crippen LogP contribution is 2.13. The van der Waals surface area contributed by atoms with Crippen molar-refractivity contribution in [2.45, 2.75) is 45.7 Å². The highest BCUT2D eigenvalue weighted by Gasteiger charge is 2.20. The number of hydrogen-bond acceptors (Lipinski definition) is 3. The van der Waals surface area contributed by atoms with Gasteiger partial charge >= 0.3 is 6.03 Å². The van der Waals surface area contributed by atoms with E-state index in [0.717, 1.165) is 45.5 Å². The first kappa shape index (κ1) is 19.7. The van der Waals surface area contributed by atoms with Gasteiger partial charge in [0.15, 0.2) is 0 Å². The van der Waals surface area contributed by atoms with Crippen molar-refractivity contribution in [2.75, 3.05) is 32.8 Å². The van der Waals surface area contributed by atoms with E-state index < -0.39 is 0 Å². The van der Waals surface area contributed by atoms with Gasteiger partial charge < -0.3 is 15.4 Å². The third-order valence-corrected chi connectivity index (χ3v) is 4.37. The van der Waals surface area contributed by atoms with Crippen LogP contribution in [-0.2, 0) is 11.3 Å². The van der Waals surface area contributed by atoms with Crippen molar-refractivity contribution in [3.05, 3.63) is 35.9 Å².